The molecule has 2 aromatic heterocycles. The predicted octanol–water partition coefficient (Wildman–Crippen LogP) is 4.17. The molecule has 28 heavy (non-hydrogen) atoms. The van der Waals surface area contributed by atoms with Crippen LogP contribution in [0.5, 0.6) is 0 Å². The van der Waals surface area contributed by atoms with E-state index in [0.29, 0.717) is 16.3 Å². The highest BCUT2D eigenvalue weighted by molar-refractivity contribution is 6.30. The van der Waals surface area contributed by atoms with Crippen LogP contribution in [-0.2, 0) is 6.54 Å². The number of nitrogens with zero attached hydrogens (tertiary/aromatic N) is 4. The van der Waals surface area contributed by atoms with E-state index in [1.54, 1.807) is 48.5 Å². The molecule has 0 saturated carbocycles. The van der Waals surface area contributed by atoms with Gasteiger partial charge in [0.25, 0.3) is 5.56 Å². The second-order valence-corrected chi connectivity index (χ2v) is 6.59. The maximum atomic E-state index is 14.4. The summed E-state index contributed by atoms with van der Waals surface area (Å²) in [6.45, 7) is 0.179. The van der Waals surface area contributed by atoms with Crippen molar-refractivity contribution in [3.8, 4) is 17.3 Å². The van der Waals surface area contributed by atoms with Crippen molar-refractivity contribution in [1.82, 2.24) is 14.8 Å². The van der Waals surface area contributed by atoms with E-state index in [0.717, 1.165) is 5.56 Å². The van der Waals surface area contributed by atoms with Crippen molar-refractivity contribution in [2.75, 3.05) is 0 Å². The van der Waals surface area contributed by atoms with Gasteiger partial charge in [0, 0.05) is 11.6 Å². The molecule has 7 heteroatoms. The highest BCUT2D eigenvalue weighted by atomic mass is 35.5. The van der Waals surface area contributed by atoms with Crippen molar-refractivity contribution in [1.29, 1.82) is 5.26 Å². The van der Waals surface area contributed by atoms with E-state index in [4.69, 9.17) is 16.9 Å². The number of rotatable bonds is 3. The molecule has 0 radical (unpaired) electrons. The van der Waals surface area contributed by atoms with Crippen LogP contribution in [0.1, 0.15) is 11.1 Å². The minimum absolute atomic E-state index is 0.122. The number of pyridine rings is 1. The number of aromatic nitrogens is 3. The van der Waals surface area contributed by atoms with Gasteiger partial charge in [0.05, 0.1) is 34.1 Å². The number of nitriles is 1. The summed E-state index contributed by atoms with van der Waals surface area (Å²) in [4.78, 5) is 16.6. The number of hydrogen-bond acceptors (Lipinski definition) is 4. The molecule has 0 aliphatic carbocycles. The van der Waals surface area contributed by atoms with E-state index in [9.17, 15) is 9.18 Å². The first-order valence-electron chi connectivity index (χ1n) is 8.37. The zero-order chi connectivity index (χ0) is 19.7. The first-order valence-corrected chi connectivity index (χ1v) is 8.75. The Hall–Kier alpha value is -3.56. The molecule has 0 saturated heterocycles. The summed E-state index contributed by atoms with van der Waals surface area (Å²) in [5.74, 6) is -0.717. The monoisotopic (exact) mass is 390 g/mol. The zero-order valence-electron chi connectivity index (χ0n) is 14.4. The molecule has 5 nitrogen and oxygen atoms in total. The van der Waals surface area contributed by atoms with Crippen LogP contribution >= 0.6 is 11.6 Å². The zero-order valence-corrected chi connectivity index (χ0v) is 15.2. The lowest BCUT2D eigenvalue weighted by atomic mass is 10.1. The van der Waals surface area contributed by atoms with Crippen molar-refractivity contribution in [3.63, 3.8) is 0 Å². The standard InChI is InChI=1S/C21H12ClFN4O/c22-15-9-18(20(23)25-11-15)19-16-3-1-2-4-17(16)21(28)27(26-19)12-14-7-5-13(10-24)6-8-14/h1-9,11H,12H2. The highest BCUT2D eigenvalue weighted by Gasteiger charge is 2.16. The SMILES string of the molecule is N#Cc1ccc(Cn2nc(-c3cc(Cl)cnc3F)c3ccccc3c2=O)cc1. The lowest BCUT2D eigenvalue weighted by molar-refractivity contribution is 0.584. The molecular weight excluding hydrogens is 379 g/mol. The Balaban J connectivity index is 1.92. The normalized spacial score (nSPS) is 10.8. The average Bonchev–Trinajstić information content (AvgIpc) is 2.72. The lowest BCUT2D eigenvalue weighted by Crippen LogP contribution is -2.24. The first kappa shape index (κ1) is 17.8. The van der Waals surface area contributed by atoms with Crippen LogP contribution in [0.25, 0.3) is 22.0 Å². The molecule has 4 rings (SSSR count). The summed E-state index contributed by atoms with van der Waals surface area (Å²) in [6, 6.07) is 17.2. The second kappa shape index (κ2) is 7.22. The van der Waals surface area contributed by atoms with Crippen LogP contribution in [0, 0.1) is 17.3 Å². The molecule has 0 aliphatic rings. The van der Waals surface area contributed by atoms with Crippen molar-refractivity contribution in [2.45, 2.75) is 6.54 Å². The van der Waals surface area contributed by atoms with Crippen LogP contribution < -0.4 is 5.56 Å². The van der Waals surface area contributed by atoms with Gasteiger partial charge in [-0.25, -0.2) is 9.67 Å². The number of benzene rings is 2. The Labute approximate surface area is 164 Å². The summed E-state index contributed by atoms with van der Waals surface area (Å²) >= 11 is 6.00. The van der Waals surface area contributed by atoms with Gasteiger partial charge < -0.3 is 0 Å². The summed E-state index contributed by atoms with van der Waals surface area (Å²) in [7, 11) is 0. The summed E-state index contributed by atoms with van der Waals surface area (Å²) in [5.41, 5.74) is 1.43. The van der Waals surface area contributed by atoms with E-state index >= 15 is 0 Å². The van der Waals surface area contributed by atoms with E-state index in [-0.39, 0.29) is 28.4 Å². The fraction of sp³-hybridized carbons (Fsp3) is 0.0476. The van der Waals surface area contributed by atoms with Gasteiger partial charge in [0.15, 0.2) is 0 Å². The molecule has 136 valence electrons. The smallest absolute Gasteiger partial charge is 0.267 e. The Morgan fingerprint density at radius 2 is 1.82 bits per heavy atom. The Morgan fingerprint density at radius 1 is 1.11 bits per heavy atom. The number of halogens is 2. The molecule has 2 aromatic carbocycles. The van der Waals surface area contributed by atoms with Gasteiger partial charge in [0.2, 0.25) is 5.95 Å². The van der Waals surface area contributed by atoms with Crippen LogP contribution in [0.3, 0.4) is 0 Å². The first-order chi connectivity index (χ1) is 13.6. The van der Waals surface area contributed by atoms with E-state index in [1.165, 1.54) is 16.9 Å². The van der Waals surface area contributed by atoms with Crippen molar-refractivity contribution in [3.05, 3.63) is 93.2 Å². The topological polar surface area (TPSA) is 71.6 Å². The summed E-state index contributed by atoms with van der Waals surface area (Å²) < 4.78 is 15.7. The maximum Gasteiger partial charge on any atom is 0.274 e. The lowest BCUT2D eigenvalue weighted by Gasteiger charge is -2.12. The predicted molar refractivity (Wildman–Crippen MR) is 104 cm³/mol. The minimum Gasteiger partial charge on any atom is -0.267 e. The molecule has 0 spiro atoms. The minimum atomic E-state index is -0.717. The molecule has 0 aliphatic heterocycles. The van der Waals surface area contributed by atoms with Crippen LogP contribution in [0.4, 0.5) is 4.39 Å². The third-order valence-corrected chi connectivity index (χ3v) is 4.55. The summed E-state index contributed by atoms with van der Waals surface area (Å²) in [5, 5.41) is 14.5. The molecule has 0 fully saturated rings. The molecular formula is C21H12ClFN4O. The largest absolute Gasteiger partial charge is 0.274 e. The Morgan fingerprint density at radius 3 is 2.54 bits per heavy atom. The third kappa shape index (κ3) is 3.24. The molecule has 2 heterocycles. The van der Waals surface area contributed by atoms with Crippen molar-refractivity contribution < 1.29 is 4.39 Å². The molecule has 0 N–H and O–H groups in total. The van der Waals surface area contributed by atoms with E-state index in [2.05, 4.69) is 16.2 Å². The Bertz CT molecular complexity index is 1290. The maximum absolute atomic E-state index is 14.4. The van der Waals surface area contributed by atoms with E-state index < -0.39 is 5.95 Å². The van der Waals surface area contributed by atoms with Gasteiger partial charge in [-0.1, -0.05) is 41.9 Å². The molecule has 0 bridgehead atoms. The highest BCUT2D eigenvalue weighted by Crippen LogP contribution is 2.28. The van der Waals surface area contributed by atoms with Gasteiger partial charge in [-0.3, -0.25) is 4.79 Å². The number of hydrogen-bond donors (Lipinski definition) is 0. The van der Waals surface area contributed by atoms with E-state index in [1.807, 2.05) is 0 Å². The van der Waals surface area contributed by atoms with Crippen molar-refractivity contribution >= 4 is 22.4 Å². The molecule has 4 aromatic rings. The van der Waals surface area contributed by atoms with Gasteiger partial charge in [-0.05, 0) is 29.8 Å². The Kier molecular flexibility index (Phi) is 4.60. The quantitative estimate of drug-likeness (QED) is 0.492. The van der Waals surface area contributed by atoms with Gasteiger partial charge in [0.1, 0.15) is 5.69 Å². The fourth-order valence-electron chi connectivity index (χ4n) is 2.99. The van der Waals surface area contributed by atoms with Crippen LogP contribution in [0.2, 0.25) is 5.02 Å². The molecule has 0 unspecified atom stereocenters. The number of fused-ring (bicyclic) bond motifs is 1. The van der Waals surface area contributed by atoms with Crippen molar-refractivity contribution in [2.24, 2.45) is 0 Å². The molecule has 0 amide bonds. The average molecular weight is 391 g/mol. The second-order valence-electron chi connectivity index (χ2n) is 6.16. The summed E-state index contributed by atoms with van der Waals surface area (Å²) in [6.07, 6.45) is 1.22. The van der Waals surface area contributed by atoms with Crippen LogP contribution in [0.15, 0.2) is 65.6 Å². The van der Waals surface area contributed by atoms with Crippen LogP contribution in [-0.4, -0.2) is 14.8 Å². The fourth-order valence-corrected chi connectivity index (χ4v) is 3.15. The van der Waals surface area contributed by atoms with Gasteiger partial charge >= 0.3 is 0 Å². The third-order valence-electron chi connectivity index (χ3n) is 4.34. The van der Waals surface area contributed by atoms with Gasteiger partial charge in [-0.15, -0.1) is 0 Å². The van der Waals surface area contributed by atoms with Gasteiger partial charge in [-0.2, -0.15) is 14.8 Å². The molecule has 0 atom stereocenters.